The molecule has 5 nitrogen and oxygen atoms in total. The van der Waals surface area contributed by atoms with Crippen molar-refractivity contribution >= 4 is 6.03 Å². The van der Waals surface area contributed by atoms with E-state index >= 15 is 0 Å². The number of halogens is 1. The van der Waals surface area contributed by atoms with Crippen molar-refractivity contribution in [1.29, 1.82) is 0 Å². The Labute approximate surface area is 141 Å². The third kappa shape index (κ3) is 3.27. The minimum atomic E-state index is -0.250. The van der Waals surface area contributed by atoms with Crippen molar-refractivity contribution in [3.05, 3.63) is 53.1 Å². The molecule has 0 aliphatic heterocycles. The summed E-state index contributed by atoms with van der Waals surface area (Å²) in [6.07, 6.45) is 5.18. The lowest BCUT2D eigenvalue weighted by atomic mass is 9.80. The Hall–Kier alpha value is -2.37. The largest absolute Gasteiger partial charge is 0.332 e. The van der Waals surface area contributed by atoms with Crippen molar-refractivity contribution in [2.24, 2.45) is 13.0 Å². The lowest BCUT2D eigenvalue weighted by Gasteiger charge is -2.32. The van der Waals surface area contributed by atoms with Crippen molar-refractivity contribution < 1.29 is 9.18 Å². The predicted molar refractivity (Wildman–Crippen MR) is 89.9 cm³/mol. The van der Waals surface area contributed by atoms with Crippen LogP contribution in [0.1, 0.15) is 49.0 Å². The van der Waals surface area contributed by atoms with Gasteiger partial charge in [-0.2, -0.15) is 5.10 Å². The fourth-order valence-electron chi connectivity index (χ4n) is 3.32. The molecule has 0 bridgehead atoms. The summed E-state index contributed by atoms with van der Waals surface area (Å²) in [4.78, 5) is 12.4. The standard InChI is InChI=1S/C18H23FN4O/c1-11-7-8-14-15(5-4-6-16(14)19)17(11)22-18(24)21-12(2)13-9-20-23(3)10-13/h4-6,9-12,17H,7-8H2,1-3H3,(H2,21,22,24)/t11-,12-,17-/m0/s1. The number of aromatic nitrogens is 2. The maximum absolute atomic E-state index is 14.0. The van der Waals surface area contributed by atoms with Crippen LogP contribution in [-0.2, 0) is 13.5 Å². The summed E-state index contributed by atoms with van der Waals surface area (Å²) >= 11 is 0. The van der Waals surface area contributed by atoms with Gasteiger partial charge in [0.1, 0.15) is 5.82 Å². The van der Waals surface area contributed by atoms with Gasteiger partial charge in [0.15, 0.2) is 0 Å². The molecule has 0 spiro atoms. The average molecular weight is 330 g/mol. The molecule has 6 heteroatoms. The summed E-state index contributed by atoms with van der Waals surface area (Å²) < 4.78 is 15.7. The molecule has 2 aromatic rings. The molecule has 0 unspecified atom stereocenters. The van der Waals surface area contributed by atoms with E-state index in [4.69, 9.17) is 0 Å². The van der Waals surface area contributed by atoms with E-state index in [9.17, 15) is 9.18 Å². The summed E-state index contributed by atoms with van der Waals surface area (Å²) in [7, 11) is 1.84. The molecule has 3 atom stereocenters. The molecule has 1 aromatic heterocycles. The van der Waals surface area contributed by atoms with Crippen LogP contribution in [0.2, 0.25) is 0 Å². The summed E-state index contributed by atoms with van der Waals surface area (Å²) in [6.45, 7) is 4.00. The van der Waals surface area contributed by atoms with Gasteiger partial charge in [0.2, 0.25) is 0 Å². The van der Waals surface area contributed by atoms with Crippen LogP contribution in [0.4, 0.5) is 9.18 Å². The third-order valence-electron chi connectivity index (χ3n) is 4.77. The highest BCUT2D eigenvalue weighted by Gasteiger charge is 2.29. The molecular formula is C18H23FN4O. The minimum absolute atomic E-state index is 0.149. The first kappa shape index (κ1) is 16.5. The first-order valence-corrected chi connectivity index (χ1v) is 8.28. The summed E-state index contributed by atoms with van der Waals surface area (Å²) in [5.41, 5.74) is 2.55. The smallest absolute Gasteiger partial charge is 0.315 e. The number of urea groups is 1. The van der Waals surface area contributed by atoms with E-state index in [0.29, 0.717) is 0 Å². The lowest BCUT2D eigenvalue weighted by Crippen LogP contribution is -2.42. The normalized spacial score (nSPS) is 21.0. The first-order valence-electron chi connectivity index (χ1n) is 8.28. The van der Waals surface area contributed by atoms with Crippen LogP contribution in [0.5, 0.6) is 0 Å². The molecule has 128 valence electrons. The Bertz CT molecular complexity index is 742. The number of nitrogens with zero attached hydrogens (tertiary/aromatic N) is 2. The van der Waals surface area contributed by atoms with E-state index < -0.39 is 0 Å². The van der Waals surface area contributed by atoms with Gasteiger partial charge in [-0.15, -0.1) is 0 Å². The van der Waals surface area contributed by atoms with Crippen LogP contribution in [-0.4, -0.2) is 15.8 Å². The van der Waals surface area contributed by atoms with Gasteiger partial charge >= 0.3 is 6.03 Å². The van der Waals surface area contributed by atoms with Gasteiger partial charge in [-0.25, -0.2) is 9.18 Å². The summed E-state index contributed by atoms with van der Waals surface area (Å²) in [5, 5.41) is 10.1. The number of hydrogen-bond acceptors (Lipinski definition) is 2. The molecule has 0 saturated carbocycles. The van der Waals surface area contributed by atoms with Gasteiger partial charge in [-0.1, -0.05) is 19.1 Å². The number of fused-ring (bicyclic) bond motifs is 1. The third-order valence-corrected chi connectivity index (χ3v) is 4.77. The van der Waals surface area contributed by atoms with E-state index in [1.54, 1.807) is 16.9 Å². The number of amides is 2. The molecule has 1 aromatic carbocycles. The van der Waals surface area contributed by atoms with Gasteiger partial charge in [0, 0.05) is 18.8 Å². The molecule has 2 N–H and O–H groups in total. The number of nitrogens with one attached hydrogen (secondary N) is 2. The van der Waals surface area contributed by atoms with Crippen LogP contribution >= 0.6 is 0 Å². The number of aryl methyl sites for hydroxylation is 1. The molecule has 1 heterocycles. The second kappa shape index (κ2) is 6.63. The van der Waals surface area contributed by atoms with Crippen molar-refractivity contribution in [1.82, 2.24) is 20.4 Å². The van der Waals surface area contributed by atoms with Gasteiger partial charge < -0.3 is 10.6 Å². The molecule has 2 amide bonds. The van der Waals surface area contributed by atoms with E-state index in [0.717, 1.165) is 29.5 Å². The highest BCUT2D eigenvalue weighted by atomic mass is 19.1. The molecule has 1 aliphatic rings. The number of rotatable bonds is 3. The number of benzene rings is 1. The van der Waals surface area contributed by atoms with Crippen molar-refractivity contribution in [2.45, 2.75) is 38.8 Å². The lowest BCUT2D eigenvalue weighted by molar-refractivity contribution is 0.226. The topological polar surface area (TPSA) is 59.0 Å². The maximum atomic E-state index is 14.0. The molecule has 0 saturated heterocycles. The Morgan fingerprint density at radius 2 is 2.25 bits per heavy atom. The zero-order chi connectivity index (χ0) is 17.3. The molecule has 0 fully saturated rings. The number of hydrogen-bond donors (Lipinski definition) is 2. The molecular weight excluding hydrogens is 307 g/mol. The zero-order valence-corrected chi connectivity index (χ0v) is 14.2. The highest BCUT2D eigenvalue weighted by molar-refractivity contribution is 5.75. The Balaban J connectivity index is 1.71. The van der Waals surface area contributed by atoms with Crippen LogP contribution < -0.4 is 10.6 Å². The Morgan fingerprint density at radius 3 is 2.96 bits per heavy atom. The van der Waals surface area contributed by atoms with E-state index in [-0.39, 0.29) is 29.8 Å². The first-order chi connectivity index (χ1) is 11.5. The average Bonchev–Trinajstić information content (AvgIpc) is 2.97. The predicted octanol–water partition coefficient (Wildman–Crippen LogP) is 3.24. The van der Waals surface area contributed by atoms with Crippen LogP contribution in [0.15, 0.2) is 30.6 Å². The molecule has 1 aliphatic carbocycles. The van der Waals surface area contributed by atoms with E-state index in [1.807, 2.05) is 26.2 Å². The Morgan fingerprint density at radius 1 is 1.46 bits per heavy atom. The zero-order valence-electron chi connectivity index (χ0n) is 14.2. The van der Waals surface area contributed by atoms with Gasteiger partial charge in [-0.3, -0.25) is 4.68 Å². The molecule has 3 rings (SSSR count). The second-order valence-electron chi connectivity index (χ2n) is 6.59. The van der Waals surface area contributed by atoms with Crippen LogP contribution in [0.3, 0.4) is 0 Å². The maximum Gasteiger partial charge on any atom is 0.315 e. The second-order valence-corrected chi connectivity index (χ2v) is 6.59. The summed E-state index contributed by atoms with van der Waals surface area (Å²) in [5.74, 6) is 0.0779. The molecule has 24 heavy (non-hydrogen) atoms. The van der Waals surface area contributed by atoms with Gasteiger partial charge in [0.05, 0.1) is 18.3 Å². The fourth-order valence-corrected chi connectivity index (χ4v) is 3.32. The van der Waals surface area contributed by atoms with Crippen molar-refractivity contribution in [3.63, 3.8) is 0 Å². The number of carbonyl (C=O) groups is 1. The fraction of sp³-hybridized carbons (Fsp3) is 0.444. The van der Waals surface area contributed by atoms with E-state index in [1.165, 1.54) is 6.07 Å². The monoisotopic (exact) mass is 330 g/mol. The van der Waals surface area contributed by atoms with Gasteiger partial charge in [0.25, 0.3) is 0 Å². The van der Waals surface area contributed by atoms with E-state index in [2.05, 4.69) is 22.7 Å². The molecule has 0 radical (unpaired) electrons. The quantitative estimate of drug-likeness (QED) is 0.907. The Kier molecular flexibility index (Phi) is 4.55. The highest BCUT2D eigenvalue weighted by Crippen LogP contribution is 2.35. The van der Waals surface area contributed by atoms with Crippen molar-refractivity contribution in [2.75, 3.05) is 0 Å². The number of carbonyl (C=O) groups excluding carboxylic acids is 1. The van der Waals surface area contributed by atoms with Gasteiger partial charge in [-0.05, 0) is 42.9 Å². The van der Waals surface area contributed by atoms with Crippen LogP contribution in [0.25, 0.3) is 0 Å². The van der Waals surface area contributed by atoms with Crippen molar-refractivity contribution in [3.8, 4) is 0 Å². The minimum Gasteiger partial charge on any atom is -0.332 e. The SMILES string of the molecule is C[C@H](NC(=O)N[C@@H]1c2cccc(F)c2CC[C@@H]1C)c1cnn(C)c1. The summed E-state index contributed by atoms with van der Waals surface area (Å²) in [6, 6.07) is 4.52. The van der Waals surface area contributed by atoms with Crippen LogP contribution in [0, 0.1) is 11.7 Å².